The number of hydrogen-bond donors (Lipinski definition) is 0. The van der Waals surface area contributed by atoms with Crippen molar-refractivity contribution in [1.29, 1.82) is 0 Å². The molecule has 0 bridgehead atoms. The van der Waals surface area contributed by atoms with Gasteiger partial charge in [-0.05, 0) is 42.9 Å². The number of carbonyl (C=O) groups is 1. The summed E-state index contributed by atoms with van der Waals surface area (Å²) in [6.45, 7) is 10.0. The molecule has 5 nitrogen and oxygen atoms in total. The van der Waals surface area contributed by atoms with Crippen LogP contribution in [-0.2, 0) is 5.41 Å². The van der Waals surface area contributed by atoms with Gasteiger partial charge in [-0.15, -0.1) is 0 Å². The first-order valence-electron chi connectivity index (χ1n) is 10.1. The number of likely N-dealkylation sites (tertiary alicyclic amines) is 1. The Hall–Kier alpha value is -2.43. The summed E-state index contributed by atoms with van der Waals surface area (Å²) >= 11 is 0. The molecule has 2 heterocycles. The minimum Gasteiger partial charge on any atom is -0.363 e. The molecule has 0 aliphatic carbocycles. The van der Waals surface area contributed by atoms with E-state index in [0.29, 0.717) is 6.54 Å². The van der Waals surface area contributed by atoms with Gasteiger partial charge in [-0.1, -0.05) is 32.9 Å². The average molecular weight is 381 g/mol. The molecule has 1 atom stereocenters. The standard InChI is InChI=1S/C23H32N4O/c1-16-24-20(14-21(25-16)26(5)6)18-8-7-13-27(15-18)22(28)17-9-11-19(12-10-17)23(2,3)4/h9-12,14,18H,7-8,13,15H2,1-6H3. The van der Waals surface area contributed by atoms with Crippen LogP contribution in [0.15, 0.2) is 30.3 Å². The zero-order chi connectivity index (χ0) is 20.5. The highest BCUT2D eigenvalue weighted by Gasteiger charge is 2.27. The number of carbonyl (C=O) groups excluding carboxylic acids is 1. The van der Waals surface area contributed by atoms with Crippen molar-refractivity contribution in [3.8, 4) is 0 Å². The van der Waals surface area contributed by atoms with Crippen molar-refractivity contribution >= 4 is 11.7 Å². The molecule has 1 aliphatic rings. The fraction of sp³-hybridized carbons (Fsp3) is 0.522. The number of nitrogens with zero attached hydrogens (tertiary/aromatic N) is 4. The number of anilines is 1. The minimum absolute atomic E-state index is 0.0901. The van der Waals surface area contributed by atoms with Gasteiger partial charge in [0.1, 0.15) is 11.6 Å². The maximum absolute atomic E-state index is 13.1. The molecule has 1 amide bonds. The lowest BCUT2D eigenvalue weighted by atomic mass is 9.86. The Morgan fingerprint density at radius 2 is 1.82 bits per heavy atom. The van der Waals surface area contributed by atoms with Crippen molar-refractivity contribution in [3.05, 3.63) is 53.0 Å². The second-order valence-electron chi connectivity index (χ2n) is 9.01. The van der Waals surface area contributed by atoms with Crippen LogP contribution in [0.4, 0.5) is 5.82 Å². The van der Waals surface area contributed by atoms with Crippen LogP contribution < -0.4 is 4.90 Å². The van der Waals surface area contributed by atoms with Crippen LogP contribution in [-0.4, -0.2) is 48.0 Å². The largest absolute Gasteiger partial charge is 0.363 e. The van der Waals surface area contributed by atoms with Crippen LogP contribution in [0.2, 0.25) is 0 Å². The summed E-state index contributed by atoms with van der Waals surface area (Å²) in [5.41, 5.74) is 3.14. The van der Waals surface area contributed by atoms with E-state index in [1.165, 1.54) is 5.56 Å². The molecular formula is C23H32N4O. The summed E-state index contributed by atoms with van der Waals surface area (Å²) in [4.78, 5) is 26.2. The number of amides is 1. The summed E-state index contributed by atoms with van der Waals surface area (Å²) in [5, 5.41) is 0. The molecule has 28 heavy (non-hydrogen) atoms. The van der Waals surface area contributed by atoms with Crippen LogP contribution in [0.3, 0.4) is 0 Å². The number of benzene rings is 1. The molecule has 0 saturated carbocycles. The Morgan fingerprint density at radius 3 is 2.43 bits per heavy atom. The quantitative estimate of drug-likeness (QED) is 0.802. The molecule has 150 valence electrons. The van der Waals surface area contributed by atoms with Crippen molar-refractivity contribution in [2.45, 2.75) is 51.9 Å². The van der Waals surface area contributed by atoms with Crippen molar-refractivity contribution in [2.24, 2.45) is 0 Å². The van der Waals surface area contributed by atoms with Gasteiger partial charge in [-0.2, -0.15) is 0 Å². The Morgan fingerprint density at radius 1 is 1.14 bits per heavy atom. The van der Waals surface area contributed by atoms with Crippen LogP contribution >= 0.6 is 0 Å². The highest BCUT2D eigenvalue weighted by atomic mass is 16.2. The molecule has 2 aromatic rings. The van der Waals surface area contributed by atoms with Gasteiger partial charge < -0.3 is 9.80 Å². The summed E-state index contributed by atoms with van der Waals surface area (Å²) in [6, 6.07) is 10.1. The van der Waals surface area contributed by atoms with E-state index in [4.69, 9.17) is 0 Å². The van der Waals surface area contributed by atoms with E-state index in [0.717, 1.165) is 42.3 Å². The summed E-state index contributed by atoms with van der Waals surface area (Å²) in [7, 11) is 3.98. The Labute approximate surface area is 168 Å². The summed E-state index contributed by atoms with van der Waals surface area (Å²) in [6.07, 6.45) is 2.05. The van der Waals surface area contributed by atoms with Gasteiger partial charge in [0.25, 0.3) is 5.91 Å². The smallest absolute Gasteiger partial charge is 0.253 e. The molecule has 0 spiro atoms. The van der Waals surface area contributed by atoms with Gasteiger partial charge in [-0.25, -0.2) is 9.97 Å². The highest BCUT2D eigenvalue weighted by molar-refractivity contribution is 5.94. The first kappa shape index (κ1) is 20.3. The second kappa shape index (κ2) is 7.90. The van der Waals surface area contributed by atoms with Gasteiger partial charge in [0.2, 0.25) is 0 Å². The number of hydrogen-bond acceptors (Lipinski definition) is 4. The number of piperidine rings is 1. The van der Waals surface area contributed by atoms with Crippen molar-refractivity contribution in [2.75, 3.05) is 32.1 Å². The predicted octanol–water partition coefficient (Wildman–Crippen LogP) is 4.17. The lowest BCUT2D eigenvalue weighted by Crippen LogP contribution is -2.39. The third-order valence-corrected chi connectivity index (χ3v) is 5.43. The first-order chi connectivity index (χ1) is 13.1. The Balaban J connectivity index is 1.77. The molecule has 1 unspecified atom stereocenters. The summed E-state index contributed by atoms with van der Waals surface area (Å²) < 4.78 is 0. The predicted molar refractivity (Wildman–Crippen MR) is 114 cm³/mol. The number of aromatic nitrogens is 2. The third kappa shape index (κ3) is 4.51. The van der Waals surface area contributed by atoms with Crippen molar-refractivity contribution in [3.63, 3.8) is 0 Å². The fourth-order valence-electron chi connectivity index (χ4n) is 3.71. The Kier molecular flexibility index (Phi) is 5.73. The van der Waals surface area contributed by atoms with Crippen molar-refractivity contribution in [1.82, 2.24) is 14.9 Å². The van der Waals surface area contributed by atoms with Gasteiger partial charge in [0.15, 0.2) is 0 Å². The summed E-state index contributed by atoms with van der Waals surface area (Å²) in [5.74, 6) is 2.07. The molecule has 0 radical (unpaired) electrons. The third-order valence-electron chi connectivity index (χ3n) is 5.43. The molecule has 1 aliphatic heterocycles. The van der Waals surface area contributed by atoms with Crippen LogP contribution in [0.1, 0.15) is 67.0 Å². The lowest BCUT2D eigenvalue weighted by molar-refractivity contribution is 0.0706. The lowest BCUT2D eigenvalue weighted by Gasteiger charge is -2.33. The molecule has 5 heteroatoms. The van der Waals surface area contributed by atoms with E-state index >= 15 is 0 Å². The van der Waals surface area contributed by atoms with Gasteiger partial charge in [-0.3, -0.25) is 4.79 Å². The van der Waals surface area contributed by atoms with Gasteiger partial charge in [0.05, 0.1) is 5.69 Å². The van der Waals surface area contributed by atoms with Crippen LogP contribution in [0, 0.1) is 6.92 Å². The average Bonchev–Trinajstić information content (AvgIpc) is 2.66. The van der Waals surface area contributed by atoms with Gasteiger partial charge >= 0.3 is 0 Å². The molecule has 3 rings (SSSR count). The van der Waals surface area contributed by atoms with E-state index in [-0.39, 0.29) is 17.2 Å². The van der Waals surface area contributed by atoms with E-state index in [2.05, 4.69) is 48.9 Å². The fourth-order valence-corrected chi connectivity index (χ4v) is 3.71. The highest BCUT2D eigenvalue weighted by Crippen LogP contribution is 2.29. The van der Waals surface area contributed by atoms with E-state index in [9.17, 15) is 4.79 Å². The van der Waals surface area contributed by atoms with Crippen LogP contribution in [0.5, 0.6) is 0 Å². The topological polar surface area (TPSA) is 49.3 Å². The zero-order valence-corrected chi connectivity index (χ0v) is 18.0. The van der Waals surface area contributed by atoms with Crippen LogP contribution in [0.25, 0.3) is 0 Å². The van der Waals surface area contributed by atoms with Crippen molar-refractivity contribution < 1.29 is 4.79 Å². The molecule has 0 N–H and O–H groups in total. The maximum Gasteiger partial charge on any atom is 0.253 e. The van der Waals surface area contributed by atoms with Gasteiger partial charge in [0, 0.05) is 44.7 Å². The van der Waals surface area contributed by atoms with E-state index < -0.39 is 0 Å². The van der Waals surface area contributed by atoms with E-state index in [1.807, 2.05) is 43.0 Å². The SMILES string of the molecule is Cc1nc(C2CCCN(C(=O)c3ccc(C(C)(C)C)cc3)C2)cc(N(C)C)n1. The molecule has 1 aromatic carbocycles. The first-order valence-corrected chi connectivity index (χ1v) is 10.1. The molecule has 1 saturated heterocycles. The normalized spacial score (nSPS) is 17.5. The zero-order valence-electron chi connectivity index (χ0n) is 18.0. The molecule has 1 aromatic heterocycles. The second-order valence-corrected chi connectivity index (χ2v) is 9.01. The monoisotopic (exact) mass is 380 g/mol. The molecular weight excluding hydrogens is 348 g/mol. The minimum atomic E-state index is 0.0901. The van der Waals surface area contributed by atoms with E-state index in [1.54, 1.807) is 0 Å². The number of aryl methyl sites for hydroxylation is 1. The Bertz CT molecular complexity index is 837. The molecule has 1 fully saturated rings. The maximum atomic E-state index is 13.1. The number of rotatable bonds is 3.